The SMILES string of the molecule is CC[C@@H](c1ccc(Br)cc1)N1CC[C@](CCCO)(c2ccccc2)OC1. The van der Waals surface area contributed by atoms with Crippen LogP contribution in [0.5, 0.6) is 0 Å². The number of benzene rings is 2. The van der Waals surface area contributed by atoms with Crippen LogP contribution in [0.3, 0.4) is 0 Å². The first-order chi connectivity index (χ1) is 12.7. The molecule has 140 valence electrons. The zero-order valence-corrected chi connectivity index (χ0v) is 17.0. The van der Waals surface area contributed by atoms with Crippen LogP contribution in [0.1, 0.15) is 49.8 Å². The van der Waals surface area contributed by atoms with E-state index in [2.05, 4.69) is 76.3 Å². The van der Waals surface area contributed by atoms with Crippen molar-refractivity contribution in [2.24, 2.45) is 0 Å². The second kappa shape index (κ2) is 9.14. The molecule has 0 spiro atoms. The van der Waals surface area contributed by atoms with Crippen LogP contribution in [0.15, 0.2) is 59.1 Å². The lowest BCUT2D eigenvalue weighted by atomic mass is 9.84. The van der Waals surface area contributed by atoms with Crippen LogP contribution >= 0.6 is 15.9 Å². The molecule has 0 amide bonds. The van der Waals surface area contributed by atoms with Gasteiger partial charge in [0, 0.05) is 23.7 Å². The van der Waals surface area contributed by atoms with Gasteiger partial charge in [0.1, 0.15) is 6.73 Å². The Bertz CT molecular complexity index is 666. The molecule has 1 aliphatic rings. The Morgan fingerprint density at radius 2 is 1.88 bits per heavy atom. The Kier molecular flexibility index (Phi) is 6.87. The Labute approximate surface area is 165 Å². The molecule has 26 heavy (non-hydrogen) atoms. The second-order valence-corrected chi connectivity index (χ2v) is 7.91. The van der Waals surface area contributed by atoms with Gasteiger partial charge in [0.05, 0.1) is 5.60 Å². The van der Waals surface area contributed by atoms with Gasteiger partial charge in [0.15, 0.2) is 0 Å². The van der Waals surface area contributed by atoms with E-state index in [0.717, 1.165) is 36.7 Å². The van der Waals surface area contributed by atoms with E-state index in [1.165, 1.54) is 11.1 Å². The number of rotatable bonds is 7. The van der Waals surface area contributed by atoms with Crippen molar-refractivity contribution in [3.63, 3.8) is 0 Å². The van der Waals surface area contributed by atoms with Gasteiger partial charge in [-0.25, -0.2) is 0 Å². The van der Waals surface area contributed by atoms with Gasteiger partial charge in [-0.3, -0.25) is 4.90 Å². The summed E-state index contributed by atoms with van der Waals surface area (Å²) in [6, 6.07) is 19.5. The van der Waals surface area contributed by atoms with E-state index in [9.17, 15) is 5.11 Å². The van der Waals surface area contributed by atoms with Gasteiger partial charge >= 0.3 is 0 Å². The second-order valence-electron chi connectivity index (χ2n) is 7.00. The fraction of sp³-hybridized carbons (Fsp3) is 0.455. The van der Waals surface area contributed by atoms with Gasteiger partial charge < -0.3 is 9.84 Å². The average Bonchev–Trinajstić information content (AvgIpc) is 2.70. The summed E-state index contributed by atoms with van der Waals surface area (Å²) < 4.78 is 7.61. The molecule has 4 heteroatoms. The van der Waals surface area contributed by atoms with E-state index in [1.807, 2.05) is 6.07 Å². The molecule has 1 N–H and O–H groups in total. The van der Waals surface area contributed by atoms with Crippen LogP contribution in [0, 0.1) is 0 Å². The highest BCUT2D eigenvalue weighted by molar-refractivity contribution is 9.10. The largest absolute Gasteiger partial charge is 0.396 e. The molecule has 2 atom stereocenters. The number of aliphatic hydroxyl groups excluding tert-OH is 1. The summed E-state index contributed by atoms with van der Waals surface area (Å²) in [4.78, 5) is 2.43. The van der Waals surface area contributed by atoms with Crippen molar-refractivity contribution in [1.82, 2.24) is 4.90 Å². The Morgan fingerprint density at radius 1 is 1.15 bits per heavy atom. The van der Waals surface area contributed by atoms with Gasteiger partial charge in [-0.15, -0.1) is 0 Å². The third kappa shape index (κ3) is 4.37. The first-order valence-corrected chi connectivity index (χ1v) is 10.3. The normalized spacial score (nSPS) is 22.3. The fourth-order valence-electron chi connectivity index (χ4n) is 3.98. The highest BCUT2D eigenvalue weighted by Gasteiger charge is 2.38. The van der Waals surface area contributed by atoms with Crippen molar-refractivity contribution in [3.8, 4) is 0 Å². The molecule has 0 aromatic heterocycles. The van der Waals surface area contributed by atoms with E-state index in [-0.39, 0.29) is 12.2 Å². The van der Waals surface area contributed by atoms with E-state index >= 15 is 0 Å². The first-order valence-electron chi connectivity index (χ1n) is 9.48. The van der Waals surface area contributed by atoms with E-state index in [1.54, 1.807) is 0 Å². The summed E-state index contributed by atoms with van der Waals surface area (Å²) >= 11 is 3.52. The minimum absolute atomic E-state index is 0.206. The highest BCUT2D eigenvalue weighted by Crippen LogP contribution is 2.40. The van der Waals surface area contributed by atoms with Crippen molar-refractivity contribution >= 4 is 15.9 Å². The van der Waals surface area contributed by atoms with E-state index < -0.39 is 0 Å². The van der Waals surface area contributed by atoms with Crippen LogP contribution in [0.2, 0.25) is 0 Å². The monoisotopic (exact) mass is 417 g/mol. The minimum atomic E-state index is -0.279. The van der Waals surface area contributed by atoms with Crippen LogP contribution in [0.4, 0.5) is 0 Å². The first kappa shape index (κ1) is 19.6. The summed E-state index contributed by atoms with van der Waals surface area (Å²) in [6.45, 7) is 4.06. The molecular formula is C22H28BrNO2. The maximum Gasteiger partial charge on any atom is 0.101 e. The Hall–Kier alpha value is -1.20. The molecule has 1 heterocycles. The zero-order valence-electron chi connectivity index (χ0n) is 15.4. The van der Waals surface area contributed by atoms with Crippen LogP contribution < -0.4 is 0 Å². The summed E-state index contributed by atoms with van der Waals surface area (Å²) in [6.07, 6.45) is 3.62. The molecular weight excluding hydrogens is 390 g/mol. The van der Waals surface area contributed by atoms with Crippen LogP contribution in [-0.2, 0) is 10.3 Å². The number of hydrogen-bond acceptors (Lipinski definition) is 3. The summed E-state index contributed by atoms with van der Waals surface area (Å²) in [5.74, 6) is 0. The highest BCUT2D eigenvalue weighted by atomic mass is 79.9. The molecule has 0 radical (unpaired) electrons. The number of ether oxygens (including phenoxy) is 1. The topological polar surface area (TPSA) is 32.7 Å². The lowest BCUT2D eigenvalue weighted by molar-refractivity contribution is -0.160. The molecule has 3 rings (SSSR count). The molecule has 0 unspecified atom stereocenters. The molecule has 1 aliphatic heterocycles. The lowest BCUT2D eigenvalue weighted by Crippen LogP contribution is -2.46. The summed E-state index contributed by atoms with van der Waals surface area (Å²) in [5, 5.41) is 9.34. The molecule has 0 aliphatic carbocycles. The van der Waals surface area contributed by atoms with Gasteiger partial charge in [-0.05, 0) is 48.9 Å². The quantitative estimate of drug-likeness (QED) is 0.667. The van der Waals surface area contributed by atoms with Crippen LogP contribution in [0.25, 0.3) is 0 Å². The molecule has 0 bridgehead atoms. The fourth-order valence-corrected chi connectivity index (χ4v) is 4.24. The Morgan fingerprint density at radius 3 is 2.46 bits per heavy atom. The maximum absolute atomic E-state index is 9.34. The lowest BCUT2D eigenvalue weighted by Gasteiger charge is -2.45. The number of hydrogen-bond donors (Lipinski definition) is 1. The number of aliphatic hydroxyl groups is 1. The summed E-state index contributed by atoms with van der Waals surface area (Å²) in [5.41, 5.74) is 2.28. The molecule has 2 aromatic rings. The van der Waals surface area contributed by atoms with Gasteiger partial charge in [-0.1, -0.05) is 65.3 Å². The van der Waals surface area contributed by atoms with Crippen molar-refractivity contribution in [3.05, 3.63) is 70.2 Å². The minimum Gasteiger partial charge on any atom is -0.396 e. The predicted molar refractivity (Wildman–Crippen MR) is 109 cm³/mol. The van der Waals surface area contributed by atoms with Crippen molar-refractivity contribution in [2.45, 2.75) is 44.2 Å². The number of halogens is 1. The Balaban J connectivity index is 1.75. The molecule has 2 aromatic carbocycles. The predicted octanol–water partition coefficient (Wildman–Crippen LogP) is 5.25. The maximum atomic E-state index is 9.34. The zero-order chi connectivity index (χ0) is 18.4. The van der Waals surface area contributed by atoms with Gasteiger partial charge in [-0.2, -0.15) is 0 Å². The van der Waals surface area contributed by atoms with Crippen LogP contribution in [-0.4, -0.2) is 29.9 Å². The van der Waals surface area contributed by atoms with E-state index in [0.29, 0.717) is 12.8 Å². The van der Waals surface area contributed by atoms with E-state index in [4.69, 9.17) is 4.74 Å². The molecule has 3 nitrogen and oxygen atoms in total. The third-order valence-electron chi connectivity index (χ3n) is 5.43. The van der Waals surface area contributed by atoms with Crippen molar-refractivity contribution in [2.75, 3.05) is 19.9 Å². The van der Waals surface area contributed by atoms with Crippen molar-refractivity contribution < 1.29 is 9.84 Å². The smallest absolute Gasteiger partial charge is 0.101 e. The molecule has 1 fully saturated rings. The van der Waals surface area contributed by atoms with Gasteiger partial charge in [0.25, 0.3) is 0 Å². The number of nitrogens with zero attached hydrogens (tertiary/aromatic N) is 1. The van der Waals surface area contributed by atoms with Gasteiger partial charge in [0.2, 0.25) is 0 Å². The average molecular weight is 418 g/mol. The van der Waals surface area contributed by atoms with Crippen molar-refractivity contribution in [1.29, 1.82) is 0 Å². The molecule has 1 saturated heterocycles. The molecule has 0 saturated carbocycles. The third-order valence-corrected chi connectivity index (χ3v) is 5.96. The summed E-state index contributed by atoms with van der Waals surface area (Å²) in [7, 11) is 0. The standard InChI is InChI=1S/C22H28BrNO2/c1-2-21(18-9-11-20(23)12-10-18)24-15-14-22(26-17-24,13-6-16-25)19-7-4-3-5-8-19/h3-5,7-12,21,25H,2,6,13-17H2,1H3/t21-,22+/m0/s1.